The molecular weight excluding hydrogens is 510 g/mol. The first kappa shape index (κ1) is 26.6. The van der Waals surface area contributed by atoms with Crippen molar-refractivity contribution in [2.45, 2.75) is 18.7 Å². The summed E-state index contributed by atoms with van der Waals surface area (Å²) in [7, 11) is -4.40. The maximum atomic E-state index is 13.7. The van der Waals surface area contributed by atoms with Crippen LogP contribution in [0.1, 0.15) is 28.4 Å². The predicted octanol–water partition coefficient (Wildman–Crippen LogP) is 3.74. The molecule has 0 unspecified atom stereocenters. The van der Waals surface area contributed by atoms with Gasteiger partial charge in [0.05, 0.1) is 11.5 Å². The number of Topliss-reactive ketones (excluding diaryl/α,β-unsaturated/α-hetero) is 1. The smallest absolute Gasteiger partial charge is 0.349 e. The van der Waals surface area contributed by atoms with Crippen LogP contribution in [-0.4, -0.2) is 50.2 Å². The number of hydrogen-bond donors (Lipinski definition) is 0. The first-order valence-corrected chi connectivity index (χ1v) is 13.2. The molecule has 0 fully saturated rings. The molecular formula is C28H25NO8S. The van der Waals surface area contributed by atoms with Crippen molar-refractivity contribution in [3.05, 3.63) is 101 Å². The molecule has 1 heterocycles. The van der Waals surface area contributed by atoms with Crippen molar-refractivity contribution in [1.82, 2.24) is 4.31 Å². The average molecular weight is 536 g/mol. The fourth-order valence-corrected chi connectivity index (χ4v) is 5.42. The second kappa shape index (κ2) is 11.3. The molecule has 3 aromatic carbocycles. The lowest BCUT2D eigenvalue weighted by atomic mass is 10.0. The molecule has 0 bridgehead atoms. The second-order valence-electron chi connectivity index (χ2n) is 8.26. The van der Waals surface area contributed by atoms with Gasteiger partial charge in [-0.25, -0.2) is 17.5 Å². The topological polar surface area (TPSA) is 116 Å². The normalized spacial score (nSPS) is 13.9. The van der Waals surface area contributed by atoms with Crippen LogP contribution in [0.15, 0.2) is 89.5 Å². The Morgan fingerprint density at radius 2 is 1.50 bits per heavy atom. The molecule has 0 saturated carbocycles. The molecule has 0 N–H and O–H groups in total. The summed E-state index contributed by atoms with van der Waals surface area (Å²) in [4.78, 5) is 38.8. The summed E-state index contributed by atoms with van der Waals surface area (Å²) < 4.78 is 44.0. The van der Waals surface area contributed by atoms with E-state index in [2.05, 4.69) is 0 Å². The maximum Gasteiger partial charge on any atom is 0.349 e. The van der Waals surface area contributed by atoms with Crippen LogP contribution in [0.3, 0.4) is 0 Å². The van der Waals surface area contributed by atoms with E-state index in [0.717, 1.165) is 5.56 Å². The lowest BCUT2D eigenvalue weighted by molar-refractivity contribution is -0.142. The number of carbonyl (C=O) groups excluding carboxylic acids is 3. The van der Waals surface area contributed by atoms with E-state index in [1.54, 1.807) is 43.3 Å². The van der Waals surface area contributed by atoms with Crippen molar-refractivity contribution in [3.63, 3.8) is 0 Å². The quantitative estimate of drug-likeness (QED) is 0.301. The van der Waals surface area contributed by atoms with E-state index in [-0.39, 0.29) is 28.4 Å². The van der Waals surface area contributed by atoms with Crippen molar-refractivity contribution in [2.75, 3.05) is 19.8 Å². The largest absolute Gasteiger partial charge is 0.482 e. The number of hydrogen-bond acceptors (Lipinski definition) is 8. The summed E-state index contributed by atoms with van der Waals surface area (Å²) in [5.41, 5.74) is 0.675. The first-order valence-electron chi connectivity index (χ1n) is 11.7. The molecule has 4 rings (SSSR count). The Hall–Kier alpha value is -4.44. The van der Waals surface area contributed by atoms with Gasteiger partial charge < -0.3 is 14.2 Å². The van der Waals surface area contributed by atoms with Gasteiger partial charge in [-0.15, -0.1) is 0 Å². The number of esters is 2. The van der Waals surface area contributed by atoms with Gasteiger partial charge in [-0.2, -0.15) is 0 Å². The Morgan fingerprint density at radius 3 is 2.18 bits per heavy atom. The Labute approximate surface area is 220 Å². The maximum absolute atomic E-state index is 13.7. The van der Waals surface area contributed by atoms with Crippen LogP contribution in [0.4, 0.5) is 0 Å². The number of aryl methyl sites for hydroxylation is 1. The molecule has 1 aliphatic rings. The van der Waals surface area contributed by atoms with Gasteiger partial charge in [0.1, 0.15) is 18.0 Å². The minimum Gasteiger partial charge on any atom is -0.482 e. The highest BCUT2D eigenvalue weighted by atomic mass is 32.2. The van der Waals surface area contributed by atoms with Crippen molar-refractivity contribution in [3.8, 4) is 5.75 Å². The van der Waals surface area contributed by atoms with Gasteiger partial charge in [-0.1, -0.05) is 60.2 Å². The summed E-state index contributed by atoms with van der Waals surface area (Å²) in [5, 5.41) is 0. The number of ketones is 1. The molecule has 38 heavy (non-hydrogen) atoms. The van der Waals surface area contributed by atoms with E-state index < -0.39 is 46.6 Å². The van der Waals surface area contributed by atoms with Crippen LogP contribution >= 0.6 is 0 Å². The highest BCUT2D eigenvalue weighted by Gasteiger charge is 2.43. The first-order chi connectivity index (χ1) is 18.2. The van der Waals surface area contributed by atoms with E-state index >= 15 is 0 Å². The Morgan fingerprint density at radius 1 is 0.842 bits per heavy atom. The summed E-state index contributed by atoms with van der Waals surface area (Å²) in [6.07, 6.45) is 0. The monoisotopic (exact) mass is 535 g/mol. The van der Waals surface area contributed by atoms with Gasteiger partial charge in [-0.05, 0) is 38.1 Å². The van der Waals surface area contributed by atoms with Gasteiger partial charge in [0.15, 0.2) is 12.4 Å². The third-order valence-electron chi connectivity index (χ3n) is 5.59. The minimum absolute atomic E-state index is 0.00712. The number of nitrogens with zero attached hydrogens (tertiary/aromatic N) is 1. The van der Waals surface area contributed by atoms with Crippen molar-refractivity contribution in [1.29, 1.82) is 0 Å². The molecule has 0 radical (unpaired) electrons. The third kappa shape index (κ3) is 5.60. The second-order valence-corrected chi connectivity index (χ2v) is 10.1. The van der Waals surface area contributed by atoms with Crippen LogP contribution in [0.5, 0.6) is 5.75 Å². The summed E-state index contributed by atoms with van der Waals surface area (Å²) >= 11 is 0. The van der Waals surface area contributed by atoms with Gasteiger partial charge in [0.25, 0.3) is 10.0 Å². The third-order valence-corrected chi connectivity index (χ3v) is 7.39. The fraction of sp³-hybridized carbons (Fsp3) is 0.179. The molecule has 3 aromatic rings. The van der Waals surface area contributed by atoms with E-state index in [1.807, 2.05) is 19.1 Å². The average Bonchev–Trinajstić information content (AvgIpc) is 2.91. The number of ether oxygens (including phenoxy) is 3. The van der Waals surface area contributed by atoms with Gasteiger partial charge in [-0.3, -0.25) is 9.59 Å². The molecule has 0 aliphatic carbocycles. The minimum atomic E-state index is -4.40. The van der Waals surface area contributed by atoms with E-state index in [0.29, 0.717) is 10.1 Å². The van der Waals surface area contributed by atoms with Crippen molar-refractivity contribution in [2.24, 2.45) is 0 Å². The summed E-state index contributed by atoms with van der Waals surface area (Å²) in [6.45, 7) is 2.19. The predicted molar refractivity (Wildman–Crippen MR) is 137 cm³/mol. The zero-order valence-electron chi connectivity index (χ0n) is 20.7. The molecule has 9 nitrogen and oxygen atoms in total. The number of allylic oxidation sites excluding steroid dienone is 1. The van der Waals surface area contributed by atoms with Gasteiger partial charge in [0, 0.05) is 11.1 Å². The van der Waals surface area contributed by atoms with E-state index in [1.165, 1.54) is 30.3 Å². The molecule has 0 saturated heterocycles. The molecule has 10 heteroatoms. The summed E-state index contributed by atoms with van der Waals surface area (Å²) in [6, 6.07) is 20.7. The number of benzene rings is 3. The zero-order valence-corrected chi connectivity index (χ0v) is 21.6. The lowest BCUT2D eigenvalue weighted by Gasteiger charge is -2.32. The number of sulfonamides is 1. The number of rotatable bonds is 9. The molecule has 0 amide bonds. The van der Waals surface area contributed by atoms with Crippen LogP contribution in [-0.2, 0) is 29.1 Å². The van der Waals surface area contributed by atoms with Gasteiger partial charge in [0.2, 0.25) is 5.78 Å². The highest BCUT2D eigenvalue weighted by Crippen LogP contribution is 2.38. The fourth-order valence-electron chi connectivity index (χ4n) is 3.81. The SMILES string of the molecule is CCOC(=O)CN1C(C(=O)c2ccccc2)=C(OC(=O)COc2ccc(C)cc2)c2ccccc2S1(=O)=O. The molecule has 196 valence electrons. The Balaban J connectivity index is 1.81. The molecule has 0 spiro atoms. The Bertz CT molecular complexity index is 1500. The van der Waals surface area contributed by atoms with Crippen molar-refractivity contribution >= 4 is 33.5 Å². The van der Waals surface area contributed by atoms with Crippen LogP contribution in [0.2, 0.25) is 0 Å². The summed E-state index contributed by atoms with van der Waals surface area (Å²) in [5.74, 6) is -2.37. The number of fused-ring (bicyclic) bond motifs is 1. The van der Waals surface area contributed by atoms with E-state index in [9.17, 15) is 22.8 Å². The van der Waals surface area contributed by atoms with Crippen LogP contribution in [0.25, 0.3) is 5.76 Å². The molecule has 0 atom stereocenters. The van der Waals surface area contributed by atoms with Crippen LogP contribution in [0, 0.1) is 6.92 Å². The van der Waals surface area contributed by atoms with Crippen LogP contribution < -0.4 is 4.74 Å². The molecule has 1 aliphatic heterocycles. The zero-order chi connectivity index (χ0) is 27.3. The standard InChI is InChI=1S/C28H25NO8S/c1-3-35-24(30)17-29-26(27(32)20-9-5-4-6-10-20)28(22-11-7-8-12-23(22)38(29,33)34)37-25(31)18-36-21-15-13-19(2)14-16-21/h4-16H,3,17-18H2,1-2H3. The number of carbonyl (C=O) groups is 3. The molecule has 0 aromatic heterocycles. The van der Waals surface area contributed by atoms with Gasteiger partial charge >= 0.3 is 11.9 Å². The van der Waals surface area contributed by atoms with E-state index in [4.69, 9.17) is 14.2 Å². The van der Waals surface area contributed by atoms with Crippen molar-refractivity contribution < 1.29 is 37.0 Å². The Kier molecular flexibility index (Phi) is 7.92. The lowest BCUT2D eigenvalue weighted by Crippen LogP contribution is -2.42. The highest BCUT2D eigenvalue weighted by molar-refractivity contribution is 7.89.